The molecule has 0 aromatic heterocycles. The molecule has 2 aromatic rings. The lowest BCUT2D eigenvalue weighted by Crippen LogP contribution is -2.45. The lowest BCUT2D eigenvalue weighted by atomic mass is 9.84. The second-order valence-electron chi connectivity index (χ2n) is 11.0. The first-order valence-corrected chi connectivity index (χ1v) is 14.8. The van der Waals surface area contributed by atoms with Crippen LogP contribution in [-0.2, 0) is 37.9 Å². The van der Waals surface area contributed by atoms with Crippen LogP contribution in [-0.4, -0.2) is 104 Å². The molecule has 0 amide bonds. The maximum Gasteiger partial charge on any atom is 0.338 e. The molecular weight excluding hydrogens is 544 g/mol. The third-order valence-corrected chi connectivity index (χ3v) is 7.98. The second kappa shape index (κ2) is 16.3. The predicted octanol–water partition coefficient (Wildman–Crippen LogP) is 4.07. The third kappa shape index (κ3) is 8.72. The van der Waals surface area contributed by atoms with Crippen molar-refractivity contribution in [3.63, 3.8) is 0 Å². The Bertz CT molecular complexity index is 1040. The summed E-state index contributed by atoms with van der Waals surface area (Å²) >= 11 is 0. The number of esters is 2. The van der Waals surface area contributed by atoms with E-state index < -0.39 is 11.9 Å². The molecule has 0 spiro atoms. The molecule has 42 heavy (non-hydrogen) atoms. The number of ether oxygens (including phenoxy) is 8. The Labute approximate surface area is 247 Å². The normalized spacial score (nSPS) is 16.9. The van der Waals surface area contributed by atoms with Gasteiger partial charge in [0.2, 0.25) is 0 Å². The van der Waals surface area contributed by atoms with E-state index in [9.17, 15) is 9.59 Å². The van der Waals surface area contributed by atoms with E-state index in [1.807, 2.05) is 0 Å². The summed E-state index contributed by atoms with van der Waals surface area (Å²) in [6, 6.07) is 10.4. The summed E-state index contributed by atoms with van der Waals surface area (Å²) in [6.07, 6.45) is 2.06. The quantitative estimate of drug-likeness (QED) is 0.166. The van der Waals surface area contributed by atoms with Crippen LogP contribution >= 0.6 is 0 Å². The monoisotopic (exact) mass is 588 g/mol. The molecule has 2 heterocycles. The molecule has 2 aromatic carbocycles. The fourth-order valence-corrected chi connectivity index (χ4v) is 4.79. The molecule has 232 valence electrons. The number of fused-ring (bicyclic) bond motifs is 1. The Morgan fingerprint density at radius 2 is 0.976 bits per heavy atom. The highest BCUT2D eigenvalue weighted by atomic mass is 16.6. The van der Waals surface area contributed by atoms with Gasteiger partial charge in [-0.15, -0.1) is 0 Å². The summed E-state index contributed by atoms with van der Waals surface area (Å²) in [6.45, 7) is 11.2. The molecule has 2 saturated heterocycles. The van der Waals surface area contributed by atoms with E-state index in [4.69, 9.17) is 37.9 Å². The Hall–Kier alpha value is -2.60. The zero-order chi connectivity index (χ0) is 29.7. The van der Waals surface area contributed by atoms with E-state index in [1.54, 1.807) is 36.4 Å². The lowest BCUT2D eigenvalue weighted by Gasteiger charge is -2.40. The van der Waals surface area contributed by atoms with Crippen LogP contribution in [0.1, 0.15) is 47.4 Å². The molecule has 0 aliphatic carbocycles. The Kier molecular flexibility index (Phi) is 12.5. The topological polar surface area (TPSA) is 108 Å². The van der Waals surface area contributed by atoms with Gasteiger partial charge in [0.25, 0.3) is 0 Å². The molecule has 0 N–H and O–H groups in total. The smallest absolute Gasteiger partial charge is 0.338 e. The van der Waals surface area contributed by atoms with Crippen molar-refractivity contribution in [1.29, 1.82) is 0 Å². The van der Waals surface area contributed by atoms with Gasteiger partial charge >= 0.3 is 11.9 Å². The SMILES string of the molecule is CCC1(COCCOCCOC(=O)c2cccc3c(C(=O)OCCOCCOCC4(CC)COC4)cccc23)COC1. The van der Waals surface area contributed by atoms with Crippen LogP contribution in [0.2, 0.25) is 0 Å². The van der Waals surface area contributed by atoms with Crippen LogP contribution < -0.4 is 0 Å². The summed E-state index contributed by atoms with van der Waals surface area (Å²) < 4.78 is 43.9. The number of rotatable bonds is 20. The number of carbonyl (C=O) groups is 2. The minimum absolute atomic E-state index is 0.114. The molecular formula is C32H44O10. The van der Waals surface area contributed by atoms with E-state index in [1.165, 1.54) is 0 Å². The van der Waals surface area contributed by atoms with Gasteiger partial charge in [-0.05, 0) is 35.7 Å². The average molecular weight is 589 g/mol. The first-order chi connectivity index (χ1) is 20.5. The largest absolute Gasteiger partial charge is 0.460 e. The van der Waals surface area contributed by atoms with Crippen molar-refractivity contribution >= 4 is 22.7 Å². The number of hydrogen-bond donors (Lipinski definition) is 0. The highest BCUT2D eigenvalue weighted by Gasteiger charge is 2.37. The Morgan fingerprint density at radius 3 is 1.33 bits per heavy atom. The summed E-state index contributed by atoms with van der Waals surface area (Å²) in [5, 5.41) is 1.23. The highest BCUT2D eigenvalue weighted by Crippen LogP contribution is 2.32. The van der Waals surface area contributed by atoms with Gasteiger partial charge in [0.1, 0.15) is 13.2 Å². The van der Waals surface area contributed by atoms with Crippen molar-refractivity contribution in [3.05, 3.63) is 47.5 Å². The molecule has 0 atom stereocenters. The molecule has 10 heteroatoms. The van der Waals surface area contributed by atoms with Crippen molar-refractivity contribution in [1.82, 2.24) is 0 Å². The fourth-order valence-electron chi connectivity index (χ4n) is 4.79. The molecule has 0 bridgehead atoms. The van der Waals surface area contributed by atoms with E-state index in [0.29, 0.717) is 61.5 Å². The zero-order valence-corrected chi connectivity index (χ0v) is 24.9. The number of benzene rings is 2. The standard InChI is InChI=1S/C32H44O10/c1-3-31(21-39-22-31)19-37-13-11-35-15-17-41-29(33)27-9-5-8-26-25(27)7-6-10-28(26)30(34)42-18-16-36-12-14-38-20-32(4-2)23-40-24-32/h5-10H,3-4,11-24H2,1-2H3. The number of carbonyl (C=O) groups excluding carboxylic acids is 2. The summed E-state index contributed by atoms with van der Waals surface area (Å²) in [4.78, 5) is 25.6. The molecule has 2 fully saturated rings. The maximum absolute atomic E-state index is 12.8. The minimum atomic E-state index is -0.480. The van der Waals surface area contributed by atoms with Crippen LogP contribution in [0.15, 0.2) is 36.4 Å². The Morgan fingerprint density at radius 1 is 0.595 bits per heavy atom. The molecule has 0 saturated carbocycles. The fraction of sp³-hybridized carbons (Fsp3) is 0.625. The van der Waals surface area contributed by atoms with E-state index in [2.05, 4.69) is 13.8 Å². The van der Waals surface area contributed by atoms with Crippen LogP contribution in [0.25, 0.3) is 10.8 Å². The molecule has 10 nitrogen and oxygen atoms in total. The van der Waals surface area contributed by atoms with Crippen LogP contribution in [0.4, 0.5) is 0 Å². The molecule has 2 aliphatic heterocycles. The van der Waals surface area contributed by atoms with E-state index in [0.717, 1.165) is 39.3 Å². The summed E-state index contributed by atoms with van der Waals surface area (Å²) in [5.41, 5.74) is 1.05. The van der Waals surface area contributed by atoms with Gasteiger partial charge in [-0.25, -0.2) is 9.59 Å². The minimum Gasteiger partial charge on any atom is -0.460 e. The summed E-state index contributed by atoms with van der Waals surface area (Å²) in [5.74, 6) is -0.961. The van der Waals surface area contributed by atoms with Gasteiger partial charge in [0.15, 0.2) is 0 Å². The van der Waals surface area contributed by atoms with Crippen molar-refractivity contribution in [2.24, 2.45) is 10.8 Å². The predicted molar refractivity (Wildman–Crippen MR) is 155 cm³/mol. The van der Waals surface area contributed by atoms with Crippen molar-refractivity contribution in [2.45, 2.75) is 26.7 Å². The first-order valence-electron chi connectivity index (χ1n) is 14.8. The van der Waals surface area contributed by atoms with Crippen LogP contribution in [0, 0.1) is 10.8 Å². The third-order valence-electron chi connectivity index (χ3n) is 7.98. The van der Waals surface area contributed by atoms with Gasteiger partial charge in [0.05, 0.1) is 90.4 Å². The van der Waals surface area contributed by atoms with Gasteiger partial charge in [0, 0.05) is 10.8 Å². The summed E-state index contributed by atoms with van der Waals surface area (Å²) in [7, 11) is 0. The molecule has 0 unspecified atom stereocenters. The van der Waals surface area contributed by atoms with Gasteiger partial charge < -0.3 is 37.9 Å². The van der Waals surface area contributed by atoms with Gasteiger partial charge in [-0.2, -0.15) is 0 Å². The van der Waals surface area contributed by atoms with Crippen LogP contribution in [0.5, 0.6) is 0 Å². The van der Waals surface area contributed by atoms with Crippen molar-refractivity contribution < 1.29 is 47.5 Å². The highest BCUT2D eigenvalue weighted by molar-refractivity contribution is 6.11. The molecule has 2 aliphatic rings. The van der Waals surface area contributed by atoms with Crippen LogP contribution in [0.3, 0.4) is 0 Å². The maximum atomic E-state index is 12.8. The van der Waals surface area contributed by atoms with E-state index >= 15 is 0 Å². The van der Waals surface area contributed by atoms with Gasteiger partial charge in [-0.1, -0.05) is 38.1 Å². The number of hydrogen-bond acceptors (Lipinski definition) is 10. The van der Waals surface area contributed by atoms with Gasteiger partial charge in [-0.3, -0.25) is 0 Å². The average Bonchev–Trinajstić information content (AvgIpc) is 2.97. The zero-order valence-electron chi connectivity index (χ0n) is 24.9. The first kappa shape index (κ1) is 32.3. The lowest BCUT2D eigenvalue weighted by molar-refractivity contribution is -0.153. The molecule has 0 radical (unpaired) electrons. The Balaban J connectivity index is 1.13. The van der Waals surface area contributed by atoms with Crippen molar-refractivity contribution in [3.8, 4) is 0 Å². The second-order valence-corrected chi connectivity index (χ2v) is 11.0. The van der Waals surface area contributed by atoms with Crippen molar-refractivity contribution in [2.75, 3.05) is 92.5 Å². The van der Waals surface area contributed by atoms with E-state index in [-0.39, 0.29) is 37.3 Å². The molecule has 4 rings (SSSR count).